The van der Waals surface area contributed by atoms with Gasteiger partial charge in [-0.05, 0) is 24.3 Å². The third-order valence-corrected chi connectivity index (χ3v) is 3.93. The zero-order valence-electron chi connectivity index (χ0n) is 13.9. The first-order valence-electron chi connectivity index (χ1n) is 8.00. The van der Waals surface area contributed by atoms with Crippen LogP contribution in [0.3, 0.4) is 0 Å². The van der Waals surface area contributed by atoms with Gasteiger partial charge in [0.15, 0.2) is 0 Å². The lowest BCUT2D eigenvalue weighted by atomic mass is 10.1. The van der Waals surface area contributed by atoms with Gasteiger partial charge in [-0.15, -0.1) is 6.58 Å². The van der Waals surface area contributed by atoms with Crippen molar-refractivity contribution in [1.29, 1.82) is 5.26 Å². The van der Waals surface area contributed by atoms with Crippen molar-refractivity contribution in [3.8, 4) is 6.07 Å². The van der Waals surface area contributed by atoms with Gasteiger partial charge in [0.25, 0.3) is 5.91 Å². The van der Waals surface area contributed by atoms with Crippen molar-refractivity contribution in [1.82, 2.24) is 4.57 Å². The van der Waals surface area contributed by atoms with E-state index in [1.807, 2.05) is 41.1 Å². The van der Waals surface area contributed by atoms with Gasteiger partial charge in [-0.1, -0.05) is 36.4 Å². The lowest BCUT2D eigenvalue weighted by Crippen LogP contribution is -2.14. The van der Waals surface area contributed by atoms with E-state index in [9.17, 15) is 14.4 Å². The number of fused-ring (bicyclic) bond motifs is 1. The number of anilines is 1. The maximum Gasteiger partial charge on any atom is 0.266 e. The molecule has 26 heavy (non-hydrogen) atoms. The summed E-state index contributed by atoms with van der Waals surface area (Å²) in [5, 5.41) is 12.7. The van der Waals surface area contributed by atoms with Crippen molar-refractivity contribution in [2.75, 3.05) is 5.32 Å². The summed E-state index contributed by atoms with van der Waals surface area (Å²) in [7, 11) is 0. The molecule has 2 aromatic carbocycles. The van der Waals surface area contributed by atoms with Crippen LogP contribution in [0.1, 0.15) is 5.56 Å². The number of carbonyl (C=O) groups is 1. The van der Waals surface area contributed by atoms with E-state index in [0.717, 1.165) is 16.5 Å². The number of allylic oxidation sites excluding steroid dienone is 1. The Balaban J connectivity index is 1.98. The second-order valence-electron chi connectivity index (χ2n) is 5.65. The van der Waals surface area contributed by atoms with Crippen LogP contribution in [0, 0.1) is 17.1 Å². The van der Waals surface area contributed by atoms with E-state index in [2.05, 4.69) is 11.9 Å². The molecule has 3 aromatic rings. The molecule has 1 N–H and O–H groups in total. The number of nitrogens with zero attached hydrogens (tertiary/aromatic N) is 2. The molecular formula is C21H16FN3O. The highest BCUT2D eigenvalue weighted by molar-refractivity contribution is 6.10. The second-order valence-corrected chi connectivity index (χ2v) is 5.65. The fraction of sp³-hybridized carbons (Fsp3) is 0.0476. The van der Waals surface area contributed by atoms with Crippen molar-refractivity contribution in [3.63, 3.8) is 0 Å². The Morgan fingerprint density at radius 3 is 2.69 bits per heavy atom. The maximum atomic E-state index is 13.7. The number of nitriles is 1. The van der Waals surface area contributed by atoms with Crippen LogP contribution in [0.25, 0.3) is 17.0 Å². The smallest absolute Gasteiger partial charge is 0.266 e. The van der Waals surface area contributed by atoms with Crippen molar-refractivity contribution in [2.45, 2.75) is 6.54 Å². The number of hydrogen-bond donors (Lipinski definition) is 1. The van der Waals surface area contributed by atoms with Crippen molar-refractivity contribution in [3.05, 3.63) is 84.3 Å². The van der Waals surface area contributed by atoms with Gasteiger partial charge in [-0.2, -0.15) is 5.26 Å². The van der Waals surface area contributed by atoms with Gasteiger partial charge in [0.1, 0.15) is 17.5 Å². The number of hydrogen-bond acceptors (Lipinski definition) is 2. The van der Waals surface area contributed by atoms with E-state index in [-0.39, 0.29) is 11.3 Å². The average Bonchev–Trinajstić information content (AvgIpc) is 2.99. The van der Waals surface area contributed by atoms with Gasteiger partial charge < -0.3 is 9.88 Å². The number of halogens is 1. The Morgan fingerprint density at radius 2 is 1.96 bits per heavy atom. The van der Waals surface area contributed by atoms with Crippen LogP contribution >= 0.6 is 0 Å². The summed E-state index contributed by atoms with van der Waals surface area (Å²) >= 11 is 0. The quantitative estimate of drug-likeness (QED) is 0.420. The molecule has 3 rings (SSSR count). The zero-order chi connectivity index (χ0) is 18.5. The lowest BCUT2D eigenvalue weighted by Gasteiger charge is -2.05. The fourth-order valence-corrected chi connectivity index (χ4v) is 2.74. The summed E-state index contributed by atoms with van der Waals surface area (Å²) in [5.74, 6) is -1.21. The Kier molecular flexibility index (Phi) is 4.95. The van der Waals surface area contributed by atoms with Crippen LogP contribution in [-0.2, 0) is 11.3 Å². The number of benzene rings is 2. The number of carbonyl (C=O) groups excluding carboxylic acids is 1. The van der Waals surface area contributed by atoms with Crippen molar-refractivity contribution < 1.29 is 9.18 Å². The fourth-order valence-electron chi connectivity index (χ4n) is 2.74. The Hall–Kier alpha value is -3.65. The van der Waals surface area contributed by atoms with Crippen LogP contribution in [-0.4, -0.2) is 10.5 Å². The van der Waals surface area contributed by atoms with Crippen LogP contribution < -0.4 is 5.32 Å². The second kappa shape index (κ2) is 7.49. The van der Waals surface area contributed by atoms with E-state index in [4.69, 9.17) is 0 Å². The molecule has 0 aliphatic carbocycles. The standard InChI is InChI=1S/C21H16FN3O/c1-2-11-25-14-16(17-7-3-6-10-20(17)25)12-15(13-23)21(26)24-19-9-5-4-8-18(19)22/h2-10,12,14H,1,11H2,(H,24,26). The monoisotopic (exact) mass is 345 g/mol. The third kappa shape index (κ3) is 3.40. The summed E-state index contributed by atoms with van der Waals surface area (Å²) in [5.41, 5.74) is 1.65. The molecule has 0 radical (unpaired) electrons. The van der Waals surface area contributed by atoms with E-state index in [1.165, 1.54) is 24.3 Å². The minimum absolute atomic E-state index is 0.0349. The minimum atomic E-state index is -0.654. The normalized spacial score (nSPS) is 11.2. The molecule has 4 nitrogen and oxygen atoms in total. The SMILES string of the molecule is C=CCn1cc(C=C(C#N)C(=O)Nc2ccccc2F)c2ccccc21. The van der Waals surface area contributed by atoms with Crippen LogP contribution in [0.15, 0.2) is 73.0 Å². The van der Waals surface area contributed by atoms with E-state index in [0.29, 0.717) is 6.54 Å². The maximum absolute atomic E-state index is 13.7. The number of rotatable bonds is 5. The first-order chi connectivity index (χ1) is 12.6. The molecule has 0 unspecified atom stereocenters. The molecule has 0 saturated carbocycles. The highest BCUT2D eigenvalue weighted by Gasteiger charge is 2.13. The lowest BCUT2D eigenvalue weighted by molar-refractivity contribution is -0.112. The van der Waals surface area contributed by atoms with E-state index < -0.39 is 11.7 Å². The van der Waals surface area contributed by atoms with Gasteiger partial charge in [0.2, 0.25) is 0 Å². The first-order valence-corrected chi connectivity index (χ1v) is 8.00. The molecule has 1 amide bonds. The summed E-state index contributed by atoms with van der Waals surface area (Å²) in [6.45, 7) is 4.35. The van der Waals surface area contributed by atoms with Gasteiger partial charge in [-0.3, -0.25) is 4.79 Å². The topological polar surface area (TPSA) is 57.8 Å². The molecule has 5 heteroatoms. The molecule has 1 aromatic heterocycles. The summed E-state index contributed by atoms with van der Waals surface area (Å²) in [6, 6.07) is 15.4. The number of nitrogens with one attached hydrogen (secondary N) is 1. The zero-order valence-corrected chi connectivity index (χ0v) is 13.9. The highest BCUT2D eigenvalue weighted by Crippen LogP contribution is 2.24. The van der Waals surface area contributed by atoms with Gasteiger partial charge in [0.05, 0.1) is 5.69 Å². The Morgan fingerprint density at radius 1 is 1.23 bits per heavy atom. The Labute approximate surface area is 150 Å². The molecule has 0 aliphatic heterocycles. The average molecular weight is 345 g/mol. The molecule has 0 bridgehead atoms. The van der Waals surface area contributed by atoms with E-state index >= 15 is 0 Å². The van der Waals surface area contributed by atoms with Crippen LogP contribution in [0.5, 0.6) is 0 Å². The minimum Gasteiger partial charge on any atom is -0.343 e. The highest BCUT2D eigenvalue weighted by atomic mass is 19.1. The number of amides is 1. The largest absolute Gasteiger partial charge is 0.343 e. The number of para-hydroxylation sites is 2. The molecule has 0 spiro atoms. The molecule has 0 saturated heterocycles. The molecule has 0 atom stereocenters. The Bertz CT molecular complexity index is 1060. The van der Waals surface area contributed by atoms with Gasteiger partial charge in [-0.25, -0.2) is 4.39 Å². The van der Waals surface area contributed by atoms with Crippen LogP contribution in [0.2, 0.25) is 0 Å². The molecule has 0 fully saturated rings. The van der Waals surface area contributed by atoms with E-state index in [1.54, 1.807) is 12.1 Å². The van der Waals surface area contributed by atoms with Crippen molar-refractivity contribution in [2.24, 2.45) is 0 Å². The van der Waals surface area contributed by atoms with Gasteiger partial charge >= 0.3 is 0 Å². The van der Waals surface area contributed by atoms with Gasteiger partial charge in [0, 0.05) is 29.2 Å². The van der Waals surface area contributed by atoms with Crippen LogP contribution in [0.4, 0.5) is 10.1 Å². The first kappa shape index (κ1) is 17.2. The third-order valence-electron chi connectivity index (χ3n) is 3.93. The molecule has 128 valence electrons. The predicted octanol–water partition coefficient (Wildman–Crippen LogP) is 4.51. The predicted molar refractivity (Wildman–Crippen MR) is 101 cm³/mol. The molecular weight excluding hydrogens is 329 g/mol. The number of aromatic nitrogens is 1. The molecule has 1 heterocycles. The summed E-state index contributed by atoms with van der Waals surface area (Å²) in [4.78, 5) is 12.4. The van der Waals surface area contributed by atoms with Crippen molar-refractivity contribution >= 4 is 28.6 Å². The molecule has 0 aliphatic rings. The summed E-state index contributed by atoms with van der Waals surface area (Å²) < 4.78 is 15.7. The summed E-state index contributed by atoms with van der Waals surface area (Å²) in [6.07, 6.45) is 5.15.